The largest absolute Gasteiger partial charge is 0.493 e. The smallest absolute Gasteiger partial charge is 0.254 e. The van der Waals surface area contributed by atoms with E-state index in [1.165, 1.54) is 0 Å². The third-order valence-corrected chi connectivity index (χ3v) is 6.43. The summed E-state index contributed by atoms with van der Waals surface area (Å²) in [6, 6.07) is 19.6. The van der Waals surface area contributed by atoms with Gasteiger partial charge >= 0.3 is 0 Å². The molecule has 0 aliphatic rings. The van der Waals surface area contributed by atoms with Crippen LogP contribution < -0.4 is 20.3 Å². The third kappa shape index (κ3) is 5.43. The number of fused-ring (bicyclic) bond motifs is 1. The summed E-state index contributed by atoms with van der Waals surface area (Å²) >= 11 is 0. The monoisotopic (exact) mass is 484 g/mol. The number of aromatic nitrogens is 1. The zero-order valence-corrected chi connectivity index (χ0v) is 21.5. The van der Waals surface area contributed by atoms with E-state index < -0.39 is 0 Å². The van der Waals surface area contributed by atoms with Gasteiger partial charge in [-0.05, 0) is 91.6 Å². The highest BCUT2D eigenvalue weighted by atomic mass is 16.5. The van der Waals surface area contributed by atoms with Crippen molar-refractivity contribution in [2.45, 2.75) is 40.2 Å². The van der Waals surface area contributed by atoms with E-state index in [9.17, 15) is 9.59 Å². The molecule has 4 rings (SSSR count). The Morgan fingerprint density at radius 1 is 0.833 bits per heavy atom. The second-order valence-corrected chi connectivity index (χ2v) is 9.18. The van der Waals surface area contributed by atoms with Gasteiger partial charge in [0.25, 0.3) is 5.56 Å². The lowest BCUT2D eigenvalue weighted by molar-refractivity contribution is -0.116. The molecule has 0 radical (unpaired) electrons. The molecule has 0 saturated heterocycles. The van der Waals surface area contributed by atoms with Crippen molar-refractivity contribution in [1.29, 1.82) is 0 Å². The van der Waals surface area contributed by atoms with Crippen LogP contribution in [-0.2, 0) is 24.2 Å². The molecule has 0 saturated carbocycles. The molecular weight excluding hydrogens is 452 g/mol. The molecular formula is C30H32N2O4. The van der Waals surface area contributed by atoms with Crippen molar-refractivity contribution in [1.82, 2.24) is 4.57 Å². The maximum absolute atomic E-state index is 13.6. The minimum atomic E-state index is -0.231. The molecule has 0 aliphatic carbocycles. The van der Waals surface area contributed by atoms with Crippen molar-refractivity contribution in [2.24, 2.45) is 0 Å². The highest BCUT2D eigenvalue weighted by molar-refractivity contribution is 5.92. The minimum absolute atomic E-state index is 0.0592. The number of nitrogens with one attached hydrogen (secondary N) is 1. The Kier molecular flexibility index (Phi) is 7.44. The summed E-state index contributed by atoms with van der Waals surface area (Å²) in [6.07, 6.45) is 1.19. The van der Waals surface area contributed by atoms with Gasteiger partial charge in [0, 0.05) is 11.3 Å². The molecule has 0 fully saturated rings. The predicted octanol–water partition coefficient (Wildman–Crippen LogP) is 5.37. The van der Waals surface area contributed by atoms with Crippen LogP contribution in [0.25, 0.3) is 10.9 Å². The van der Waals surface area contributed by atoms with Crippen molar-refractivity contribution in [3.63, 3.8) is 0 Å². The first kappa shape index (κ1) is 25.0. The fourth-order valence-corrected chi connectivity index (χ4v) is 4.40. The number of carbonyl (C=O) groups excluding carboxylic acids is 1. The van der Waals surface area contributed by atoms with E-state index in [1.54, 1.807) is 18.8 Å². The Labute approximate surface area is 211 Å². The van der Waals surface area contributed by atoms with E-state index in [0.29, 0.717) is 29.9 Å². The summed E-state index contributed by atoms with van der Waals surface area (Å²) in [5.41, 5.74) is 6.14. The molecule has 1 aromatic heterocycles. The van der Waals surface area contributed by atoms with Crippen molar-refractivity contribution in [2.75, 3.05) is 19.5 Å². The van der Waals surface area contributed by atoms with Gasteiger partial charge in [-0.1, -0.05) is 30.3 Å². The first-order valence-corrected chi connectivity index (χ1v) is 12.0. The molecule has 6 heteroatoms. The Morgan fingerprint density at radius 2 is 1.56 bits per heavy atom. The van der Waals surface area contributed by atoms with Crippen LogP contribution in [0.15, 0.2) is 65.5 Å². The summed E-state index contributed by atoms with van der Waals surface area (Å²) in [4.78, 5) is 26.6. The van der Waals surface area contributed by atoms with Gasteiger partial charge in [0.15, 0.2) is 11.5 Å². The first-order valence-electron chi connectivity index (χ1n) is 12.0. The molecule has 1 N–H and O–H groups in total. The second-order valence-electron chi connectivity index (χ2n) is 9.18. The fraction of sp³-hybridized carbons (Fsp3) is 0.267. The number of hydrogen-bond acceptors (Lipinski definition) is 4. The Balaban J connectivity index is 1.65. The van der Waals surface area contributed by atoms with Crippen molar-refractivity contribution in [3.05, 3.63) is 98.8 Å². The quantitative estimate of drug-likeness (QED) is 0.365. The Hall–Kier alpha value is -4.06. The number of methoxy groups -OCH3 is 2. The van der Waals surface area contributed by atoms with Gasteiger partial charge in [-0.25, -0.2) is 0 Å². The maximum atomic E-state index is 13.6. The van der Waals surface area contributed by atoms with Crippen LogP contribution in [-0.4, -0.2) is 24.7 Å². The minimum Gasteiger partial charge on any atom is -0.493 e. The number of rotatable bonds is 8. The lowest BCUT2D eigenvalue weighted by Crippen LogP contribution is -2.30. The number of hydrogen-bond donors (Lipinski definition) is 1. The van der Waals surface area contributed by atoms with E-state index in [1.807, 2.05) is 81.4 Å². The number of benzene rings is 3. The van der Waals surface area contributed by atoms with Crippen LogP contribution in [0.2, 0.25) is 0 Å². The number of amides is 1. The molecule has 0 aliphatic heterocycles. The van der Waals surface area contributed by atoms with Crippen molar-refractivity contribution >= 4 is 22.5 Å². The molecule has 0 spiro atoms. The van der Waals surface area contributed by atoms with Gasteiger partial charge in [0.1, 0.15) is 6.54 Å². The normalized spacial score (nSPS) is 10.9. The lowest BCUT2D eigenvalue weighted by atomic mass is 10.0. The third-order valence-electron chi connectivity index (χ3n) is 6.43. The molecule has 36 heavy (non-hydrogen) atoms. The molecule has 1 amide bonds. The molecule has 0 unspecified atom stereocenters. The fourth-order valence-electron chi connectivity index (χ4n) is 4.40. The average molecular weight is 485 g/mol. The molecule has 3 aromatic carbocycles. The van der Waals surface area contributed by atoms with Crippen LogP contribution in [0.1, 0.15) is 27.8 Å². The highest BCUT2D eigenvalue weighted by Gasteiger charge is 2.14. The SMILES string of the molecule is COc1ccc(CCc2cc3ccc(C)cc3n(CC(=O)Nc3cc(C)ccc3C)c2=O)cc1OC. The molecule has 4 aromatic rings. The van der Waals surface area contributed by atoms with Crippen molar-refractivity contribution < 1.29 is 14.3 Å². The van der Waals surface area contributed by atoms with Crippen molar-refractivity contribution in [3.8, 4) is 11.5 Å². The zero-order valence-electron chi connectivity index (χ0n) is 21.5. The summed E-state index contributed by atoms with van der Waals surface area (Å²) in [5, 5.41) is 3.91. The Bertz CT molecular complexity index is 1490. The molecule has 186 valence electrons. The lowest BCUT2D eigenvalue weighted by Gasteiger charge is -2.15. The summed E-state index contributed by atoms with van der Waals surface area (Å²) in [5.74, 6) is 1.09. The summed E-state index contributed by atoms with van der Waals surface area (Å²) in [7, 11) is 3.21. The van der Waals surface area contributed by atoms with E-state index in [-0.39, 0.29) is 18.0 Å². The summed E-state index contributed by atoms with van der Waals surface area (Å²) < 4.78 is 12.3. The average Bonchev–Trinajstić information content (AvgIpc) is 2.87. The topological polar surface area (TPSA) is 69.6 Å². The molecule has 0 bridgehead atoms. The Morgan fingerprint density at radius 3 is 2.31 bits per heavy atom. The molecule has 6 nitrogen and oxygen atoms in total. The number of anilines is 1. The van der Waals surface area contributed by atoms with Gasteiger partial charge in [0.2, 0.25) is 5.91 Å². The van der Waals surface area contributed by atoms with E-state index in [0.717, 1.165) is 38.8 Å². The number of ether oxygens (including phenoxy) is 2. The van der Waals surface area contributed by atoms with Gasteiger partial charge in [0.05, 0.1) is 19.7 Å². The van der Waals surface area contributed by atoms with Gasteiger partial charge in [-0.2, -0.15) is 0 Å². The van der Waals surface area contributed by atoms with Crippen LogP contribution in [0, 0.1) is 20.8 Å². The number of pyridine rings is 1. The number of nitrogens with zero attached hydrogens (tertiary/aromatic N) is 1. The van der Waals surface area contributed by atoms with Crippen LogP contribution in [0.4, 0.5) is 5.69 Å². The van der Waals surface area contributed by atoms with Crippen LogP contribution in [0.3, 0.4) is 0 Å². The van der Waals surface area contributed by atoms with Gasteiger partial charge in [-0.15, -0.1) is 0 Å². The number of aryl methyl sites for hydroxylation is 5. The molecule has 1 heterocycles. The standard InChI is InChI=1S/C30H32N2O4/c1-19-6-8-21(3)25(14-19)31-29(33)18-32-26-15-20(2)7-11-23(26)17-24(30(32)34)12-9-22-10-13-27(35-4)28(16-22)36-5/h6-8,10-11,13-17H,9,12,18H2,1-5H3,(H,31,33). The van der Waals surface area contributed by atoms with Crippen LogP contribution >= 0.6 is 0 Å². The molecule has 0 atom stereocenters. The van der Waals surface area contributed by atoms with Crippen LogP contribution in [0.5, 0.6) is 11.5 Å². The van der Waals surface area contributed by atoms with E-state index in [4.69, 9.17) is 9.47 Å². The van der Waals surface area contributed by atoms with E-state index >= 15 is 0 Å². The zero-order chi connectivity index (χ0) is 25.8. The second kappa shape index (κ2) is 10.7. The predicted molar refractivity (Wildman–Crippen MR) is 144 cm³/mol. The highest BCUT2D eigenvalue weighted by Crippen LogP contribution is 2.28. The number of carbonyl (C=O) groups is 1. The van der Waals surface area contributed by atoms with Gasteiger partial charge < -0.3 is 14.8 Å². The first-order chi connectivity index (χ1) is 17.3. The van der Waals surface area contributed by atoms with Gasteiger partial charge in [-0.3, -0.25) is 14.2 Å². The van der Waals surface area contributed by atoms with E-state index in [2.05, 4.69) is 5.32 Å². The summed E-state index contributed by atoms with van der Waals surface area (Å²) in [6.45, 7) is 5.86. The maximum Gasteiger partial charge on any atom is 0.254 e.